The van der Waals surface area contributed by atoms with Gasteiger partial charge < -0.3 is 10.4 Å². The first-order chi connectivity index (χ1) is 14.0. The number of aliphatic hydroxyl groups excluding tert-OH is 1. The molecule has 30 heavy (non-hydrogen) atoms. The van der Waals surface area contributed by atoms with Crippen molar-refractivity contribution in [1.29, 1.82) is 0 Å². The van der Waals surface area contributed by atoms with E-state index in [2.05, 4.69) is 10.0 Å². The van der Waals surface area contributed by atoms with E-state index in [0.717, 1.165) is 12.1 Å². The highest BCUT2D eigenvalue weighted by atomic mass is 32.3. The molecule has 0 spiro atoms. The fourth-order valence-electron chi connectivity index (χ4n) is 3.04. The highest BCUT2D eigenvalue weighted by Crippen LogP contribution is 2.44. The second-order valence-corrected chi connectivity index (χ2v) is 8.67. The van der Waals surface area contributed by atoms with Gasteiger partial charge in [-0.1, -0.05) is 41.3 Å². The first-order valence-electron chi connectivity index (χ1n) is 9.06. The van der Waals surface area contributed by atoms with Crippen LogP contribution >= 0.6 is 11.0 Å². The zero-order chi connectivity index (χ0) is 21.9. The molecule has 0 aliphatic carbocycles. The molecule has 1 aliphatic heterocycles. The number of hydrogen-bond acceptors (Lipinski definition) is 6. The van der Waals surface area contributed by atoms with Crippen LogP contribution in [-0.2, 0) is 19.1 Å². The largest absolute Gasteiger partial charge is 0.416 e. The van der Waals surface area contributed by atoms with Crippen LogP contribution in [0.5, 0.6) is 0 Å². The molecule has 0 saturated carbocycles. The average Bonchev–Trinajstić information content (AvgIpc) is 2.93. The van der Waals surface area contributed by atoms with Crippen molar-refractivity contribution in [3.63, 3.8) is 0 Å². The Labute approximate surface area is 173 Å². The number of aliphatic hydroxyl groups is 1. The second kappa shape index (κ2) is 8.92. The van der Waals surface area contributed by atoms with Crippen LogP contribution in [0.1, 0.15) is 27.0 Å². The number of nitrogens with zero attached hydrogens (tertiary/aromatic N) is 1. The van der Waals surface area contributed by atoms with E-state index in [1.54, 1.807) is 30.3 Å². The summed E-state index contributed by atoms with van der Waals surface area (Å²) in [4.78, 5) is 12.2. The molecule has 0 aromatic heterocycles. The Hall–Kier alpha value is -2.15. The van der Waals surface area contributed by atoms with Crippen LogP contribution in [0.4, 0.5) is 13.2 Å². The van der Waals surface area contributed by atoms with Crippen molar-refractivity contribution in [2.24, 2.45) is 0 Å². The van der Waals surface area contributed by atoms with E-state index in [0.29, 0.717) is 16.7 Å². The molecule has 1 fully saturated rings. The van der Waals surface area contributed by atoms with E-state index in [-0.39, 0.29) is 32.0 Å². The van der Waals surface area contributed by atoms with Crippen molar-refractivity contribution in [3.05, 3.63) is 70.8 Å². The highest BCUT2D eigenvalue weighted by Gasteiger charge is 2.34. The first kappa shape index (κ1) is 22.5. The zero-order valence-electron chi connectivity index (χ0n) is 15.8. The molecule has 1 heterocycles. The molecule has 1 unspecified atom stereocenters. The Morgan fingerprint density at radius 3 is 2.47 bits per heavy atom. The van der Waals surface area contributed by atoms with Crippen LogP contribution in [0.25, 0.3) is 0 Å². The lowest BCUT2D eigenvalue weighted by atomic mass is 10.1. The van der Waals surface area contributed by atoms with Crippen molar-refractivity contribution in [2.75, 3.05) is 13.1 Å². The molecule has 2 aromatic carbocycles. The number of β-amino-alcohol motifs (C(OH)–C–C–N with tert-alkyl or cyclic N) is 1. The van der Waals surface area contributed by atoms with Gasteiger partial charge in [-0.15, -0.1) is 0 Å². The Bertz CT molecular complexity index is 893. The molecule has 11 heteroatoms. The number of nitrogens with one attached hydrogen (secondary N) is 2. The number of hydrogen-bond donors (Lipinski definition) is 5. The smallest absolute Gasteiger partial charge is 0.376 e. The van der Waals surface area contributed by atoms with Crippen LogP contribution in [0.2, 0.25) is 0 Å². The second-order valence-electron chi connectivity index (χ2n) is 6.88. The summed E-state index contributed by atoms with van der Waals surface area (Å²) < 4.78 is 61.5. The molecular weight excluding hydrogens is 423 g/mol. The van der Waals surface area contributed by atoms with E-state index in [9.17, 15) is 32.2 Å². The lowest BCUT2D eigenvalue weighted by Gasteiger charge is -2.35. The molecule has 164 valence electrons. The highest BCUT2D eigenvalue weighted by molar-refractivity contribution is 8.20. The third kappa shape index (κ3) is 5.72. The molecule has 0 radical (unpaired) electrons. The Morgan fingerprint density at radius 1 is 1.17 bits per heavy atom. The van der Waals surface area contributed by atoms with Gasteiger partial charge in [0.25, 0.3) is 5.91 Å². The van der Waals surface area contributed by atoms with Crippen molar-refractivity contribution in [3.8, 4) is 0 Å². The van der Waals surface area contributed by atoms with Gasteiger partial charge in [0, 0.05) is 18.7 Å². The number of carbonyl (C=O) groups excluding carboxylic acids is 1. The van der Waals surface area contributed by atoms with E-state index >= 15 is 0 Å². The molecule has 1 aliphatic rings. The molecule has 7 nitrogen and oxygen atoms in total. The van der Waals surface area contributed by atoms with Gasteiger partial charge in [-0.05, 0) is 35.7 Å². The number of alkyl halides is 3. The van der Waals surface area contributed by atoms with Gasteiger partial charge in [0.05, 0.1) is 12.1 Å². The van der Waals surface area contributed by atoms with Crippen molar-refractivity contribution < 1.29 is 32.2 Å². The summed E-state index contributed by atoms with van der Waals surface area (Å²) in [5.74, 6) is -0.365. The normalized spacial score (nSPS) is 20.1. The zero-order valence-corrected chi connectivity index (χ0v) is 16.6. The number of halogens is 3. The number of benzene rings is 2. The van der Waals surface area contributed by atoms with E-state index in [1.807, 2.05) is 0 Å². The van der Waals surface area contributed by atoms with Gasteiger partial charge in [-0.25, -0.2) is 0 Å². The van der Waals surface area contributed by atoms with E-state index < -0.39 is 28.9 Å². The summed E-state index contributed by atoms with van der Waals surface area (Å²) in [7, 11) is -3.23. The predicted octanol–water partition coefficient (Wildman–Crippen LogP) is 2.98. The SMILES string of the molecule is O=C(NCCc1cccc(C(F)(F)F)c1)c1ccc(CN2CC(O)NS2(O)O)cc1. The fraction of sp³-hybridized carbons (Fsp3) is 0.316. The van der Waals surface area contributed by atoms with Crippen molar-refractivity contribution in [2.45, 2.75) is 25.4 Å². The molecule has 0 bridgehead atoms. The predicted molar refractivity (Wildman–Crippen MR) is 106 cm³/mol. The van der Waals surface area contributed by atoms with Gasteiger partial charge in [0.1, 0.15) is 6.23 Å². The van der Waals surface area contributed by atoms with Gasteiger partial charge in [0.15, 0.2) is 0 Å². The van der Waals surface area contributed by atoms with Crippen molar-refractivity contribution >= 4 is 16.9 Å². The molecule has 5 N–H and O–H groups in total. The first-order valence-corrected chi connectivity index (χ1v) is 10.6. The minimum atomic E-state index is -4.41. The third-order valence-corrected chi connectivity index (χ3v) is 6.15. The summed E-state index contributed by atoms with van der Waals surface area (Å²) in [6, 6.07) is 11.4. The minimum absolute atomic E-state index is 0.0557. The van der Waals surface area contributed by atoms with Crippen LogP contribution in [0, 0.1) is 0 Å². The monoisotopic (exact) mass is 445 g/mol. The molecule has 1 amide bonds. The van der Waals surface area contributed by atoms with Crippen LogP contribution in [-0.4, -0.2) is 43.7 Å². The third-order valence-electron chi connectivity index (χ3n) is 4.56. The maximum atomic E-state index is 12.7. The Morgan fingerprint density at radius 2 is 1.87 bits per heavy atom. The maximum Gasteiger partial charge on any atom is 0.416 e. The summed E-state index contributed by atoms with van der Waals surface area (Å²) in [6.07, 6.45) is -5.18. The quantitative estimate of drug-likeness (QED) is 0.468. The summed E-state index contributed by atoms with van der Waals surface area (Å²) in [5, 5.41) is 12.2. The van der Waals surface area contributed by atoms with Crippen LogP contribution < -0.4 is 10.0 Å². The molecule has 3 rings (SSSR count). The standard InChI is InChI=1S/C19H22F3N3O4S/c20-19(21,22)16-3-1-2-13(10-16)8-9-23-18(27)15-6-4-14(5-7-15)11-25-12-17(26)24-30(25,28)29/h1-7,10,17,24,26,28-29H,8-9,11-12H2,(H,23,27). The summed E-state index contributed by atoms with van der Waals surface area (Å²) >= 11 is 0. The summed E-state index contributed by atoms with van der Waals surface area (Å²) in [6.45, 7) is 0.407. The Balaban J connectivity index is 1.52. The van der Waals surface area contributed by atoms with Gasteiger partial charge in [-0.3, -0.25) is 13.9 Å². The number of rotatable bonds is 6. The molecular formula is C19H22F3N3O4S. The summed E-state index contributed by atoms with van der Waals surface area (Å²) in [5.41, 5.74) is 0.834. The van der Waals surface area contributed by atoms with Gasteiger partial charge in [-0.2, -0.15) is 22.2 Å². The Kier molecular flexibility index (Phi) is 6.70. The van der Waals surface area contributed by atoms with E-state index in [4.69, 9.17) is 0 Å². The van der Waals surface area contributed by atoms with Crippen LogP contribution in [0.15, 0.2) is 48.5 Å². The van der Waals surface area contributed by atoms with E-state index in [1.165, 1.54) is 10.4 Å². The topological polar surface area (TPSA) is 105 Å². The lowest BCUT2D eigenvalue weighted by molar-refractivity contribution is -0.137. The fourth-order valence-corrected chi connectivity index (χ4v) is 4.30. The van der Waals surface area contributed by atoms with Gasteiger partial charge in [0.2, 0.25) is 0 Å². The molecule has 1 atom stereocenters. The molecule has 1 saturated heterocycles. The van der Waals surface area contributed by atoms with Gasteiger partial charge >= 0.3 is 6.18 Å². The maximum absolute atomic E-state index is 12.7. The van der Waals surface area contributed by atoms with Crippen LogP contribution in [0.3, 0.4) is 0 Å². The minimum Gasteiger partial charge on any atom is -0.376 e. The lowest BCUT2D eigenvalue weighted by Crippen LogP contribution is -2.26. The number of amides is 1. The number of carbonyl (C=O) groups is 1. The average molecular weight is 445 g/mol. The molecule has 2 aromatic rings. The van der Waals surface area contributed by atoms with Crippen molar-refractivity contribution in [1.82, 2.24) is 14.3 Å².